The summed E-state index contributed by atoms with van der Waals surface area (Å²) in [5, 5.41) is 2.49. The van der Waals surface area contributed by atoms with E-state index in [4.69, 9.17) is 12.6 Å². The van der Waals surface area contributed by atoms with Gasteiger partial charge in [-0.3, -0.25) is 0 Å². The largest absolute Gasteiger partial charge is 0.330 e. The van der Waals surface area contributed by atoms with Crippen LogP contribution in [-0.4, -0.2) is 11.5 Å². The number of nitrogens with zero attached hydrogens (tertiary/aromatic N) is 1. The Labute approximate surface area is 107 Å². The smallest absolute Gasteiger partial charge is 0.0945 e. The van der Waals surface area contributed by atoms with Crippen molar-refractivity contribution in [3.05, 3.63) is 40.6 Å². The highest BCUT2D eigenvalue weighted by atomic mass is 35.5. The zero-order valence-corrected chi connectivity index (χ0v) is 9.47. The minimum absolute atomic E-state index is 0. The number of aromatic nitrogens is 1. The average molecular weight is 246 g/mol. The Morgan fingerprint density at radius 3 is 2.73 bits per heavy atom. The topological polar surface area (TPSA) is 38.9 Å². The van der Waals surface area contributed by atoms with Crippen molar-refractivity contribution < 1.29 is 6.85 Å². The lowest BCUT2D eigenvalue weighted by molar-refractivity contribution is 0.954. The van der Waals surface area contributed by atoms with Crippen LogP contribution in [0, 0.1) is 0 Å². The number of hydrogen-bond donors (Lipinski definition) is 1. The fourth-order valence-corrected chi connectivity index (χ4v) is 1.85. The van der Waals surface area contributed by atoms with Crippen molar-refractivity contribution in [2.75, 3.05) is 6.54 Å². The number of rotatable bonds is 3. The van der Waals surface area contributed by atoms with E-state index in [-0.39, 0.29) is 42.1 Å². The Kier molecular flexibility index (Phi) is 2.59. The highest BCUT2D eigenvalue weighted by Crippen LogP contribution is 2.21. The van der Waals surface area contributed by atoms with Crippen molar-refractivity contribution >= 4 is 23.7 Å². The molecule has 0 aliphatic carbocycles. The fourth-order valence-electron chi connectivity index (χ4n) is 1.04. The van der Waals surface area contributed by atoms with E-state index in [9.17, 15) is 0 Å². The van der Waals surface area contributed by atoms with Gasteiger partial charge in [-0.05, 0) is 6.54 Å². The van der Waals surface area contributed by atoms with E-state index < -0.39 is 6.04 Å². The first-order valence-electron chi connectivity index (χ1n) is 6.69. The van der Waals surface area contributed by atoms with E-state index >= 15 is 0 Å². The lowest BCUT2D eigenvalue weighted by atomic mass is 10.2. The molecule has 0 amide bonds. The second-order valence-electron chi connectivity index (χ2n) is 2.67. The van der Waals surface area contributed by atoms with Crippen LogP contribution >= 0.6 is 23.7 Å². The Bertz CT molecular complexity index is 603. The molecule has 0 aliphatic rings. The van der Waals surface area contributed by atoms with Crippen LogP contribution in [0.15, 0.2) is 35.6 Å². The fraction of sp³-hybridized carbons (Fsp3) is 0.182. The molecule has 1 heterocycles. The summed E-state index contributed by atoms with van der Waals surface area (Å²) in [7, 11) is 0. The quantitative estimate of drug-likeness (QED) is 0.903. The van der Waals surface area contributed by atoms with Crippen LogP contribution in [0.2, 0.25) is 0 Å². The Balaban J connectivity index is 0.00000200. The third kappa shape index (κ3) is 3.02. The first kappa shape index (κ1) is 6.63. The normalized spacial score (nSPS) is 14.3. The summed E-state index contributed by atoms with van der Waals surface area (Å²) in [6.45, 7) is 0.466. The van der Waals surface area contributed by atoms with Gasteiger partial charge in [0.05, 0.1) is 17.6 Å². The Morgan fingerprint density at radius 2 is 2.07 bits per heavy atom. The maximum atomic E-state index is 7.85. The van der Waals surface area contributed by atoms with Gasteiger partial charge < -0.3 is 5.73 Å². The molecular formula is C11H13ClN2S. The standard InChI is InChI=1S/C11H12N2S.ClH/c12-7-6-11-13-10(8-14-11)9-4-2-1-3-5-9;/h1-5,8H,6-7,12H2;1H/i1D,2D,3D,4D,5D;. The summed E-state index contributed by atoms with van der Waals surface area (Å²) in [4.78, 5) is 4.27. The monoisotopic (exact) mass is 245 g/mol. The van der Waals surface area contributed by atoms with E-state index in [0.29, 0.717) is 18.7 Å². The SMILES string of the molecule is Cl.[2H]c1c([2H])c([2H])c(-c2csc(CCN)n2)c([2H])c1[2H]. The van der Waals surface area contributed by atoms with Crippen LogP contribution in [-0.2, 0) is 6.42 Å². The van der Waals surface area contributed by atoms with Crippen LogP contribution in [0.3, 0.4) is 0 Å². The molecule has 2 N–H and O–H groups in total. The third-order valence-corrected chi connectivity index (χ3v) is 2.57. The van der Waals surface area contributed by atoms with Gasteiger partial charge in [-0.25, -0.2) is 4.98 Å². The van der Waals surface area contributed by atoms with Crippen LogP contribution < -0.4 is 5.73 Å². The highest BCUT2D eigenvalue weighted by Gasteiger charge is 2.02. The second kappa shape index (κ2) is 5.85. The van der Waals surface area contributed by atoms with Crippen molar-refractivity contribution in [1.82, 2.24) is 4.98 Å². The molecule has 0 bridgehead atoms. The number of thiazole rings is 1. The molecule has 1 aromatic heterocycles. The van der Waals surface area contributed by atoms with E-state index in [1.54, 1.807) is 5.38 Å². The van der Waals surface area contributed by atoms with Gasteiger partial charge in [0.15, 0.2) is 0 Å². The highest BCUT2D eigenvalue weighted by molar-refractivity contribution is 7.09. The van der Waals surface area contributed by atoms with Gasteiger partial charge in [-0.2, -0.15) is 0 Å². The van der Waals surface area contributed by atoms with Crippen LogP contribution in [0.5, 0.6) is 0 Å². The first-order valence-corrected chi connectivity index (χ1v) is 5.07. The van der Waals surface area contributed by atoms with Crippen LogP contribution in [0.25, 0.3) is 11.3 Å². The molecule has 2 aromatic rings. The lowest BCUT2D eigenvalue weighted by Gasteiger charge is -1.94. The summed E-state index contributed by atoms with van der Waals surface area (Å²) in [5.74, 6) is 0. The lowest BCUT2D eigenvalue weighted by Crippen LogP contribution is -2.01. The first-order chi connectivity index (χ1) is 8.97. The summed E-state index contributed by atoms with van der Waals surface area (Å²) >= 11 is 1.38. The molecule has 0 saturated heterocycles. The molecule has 0 atom stereocenters. The van der Waals surface area contributed by atoms with Crippen LogP contribution in [0.4, 0.5) is 0 Å². The molecule has 0 saturated carbocycles. The van der Waals surface area contributed by atoms with Crippen molar-refractivity contribution in [3.8, 4) is 11.3 Å². The maximum absolute atomic E-state index is 7.85. The molecule has 1 aromatic carbocycles. The molecule has 4 heteroatoms. The number of halogens is 1. The summed E-state index contributed by atoms with van der Waals surface area (Å²) in [6, 6.07) is -1.53. The zero-order valence-electron chi connectivity index (χ0n) is 12.8. The molecule has 15 heavy (non-hydrogen) atoms. The van der Waals surface area contributed by atoms with E-state index in [0.717, 1.165) is 5.01 Å². The molecule has 2 rings (SSSR count). The van der Waals surface area contributed by atoms with Gasteiger partial charge >= 0.3 is 0 Å². The molecule has 0 unspecified atom stereocenters. The molecular weight excluding hydrogens is 228 g/mol. The van der Waals surface area contributed by atoms with E-state index in [2.05, 4.69) is 4.98 Å². The van der Waals surface area contributed by atoms with Crippen molar-refractivity contribution in [2.24, 2.45) is 5.73 Å². The van der Waals surface area contributed by atoms with Crippen molar-refractivity contribution in [2.45, 2.75) is 6.42 Å². The Hall–Kier alpha value is -0.900. The number of nitrogens with two attached hydrogens (primary N) is 1. The number of hydrogen-bond acceptors (Lipinski definition) is 3. The molecule has 80 valence electrons. The van der Waals surface area contributed by atoms with Gasteiger partial charge in [0.25, 0.3) is 0 Å². The van der Waals surface area contributed by atoms with Gasteiger partial charge in [0.2, 0.25) is 0 Å². The molecule has 0 radical (unpaired) electrons. The van der Waals surface area contributed by atoms with Gasteiger partial charge in [-0.1, -0.05) is 30.2 Å². The summed E-state index contributed by atoms with van der Waals surface area (Å²) in [6.07, 6.45) is 0.614. The number of benzene rings is 1. The van der Waals surface area contributed by atoms with Gasteiger partial charge in [0.1, 0.15) is 0 Å². The predicted molar refractivity (Wildman–Crippen MR) is 67.6 cm³/mol. The third-order valence-electron chi connectivity index (χ3n) is 1.67. The van der Waals surface area contributed by atoms with E-state index in [1.165, 1.54) is 11.3 Å². The average Bonchev–Trinajstić information content (AvgIpc) is 2.83. The molecule has 0 spiro atoms. The summed E-state index contributed by atoms with van der Waals surface area (Å²) in [5.41, 5.74) is 6.00. The molecule has 2 nitrogen and oxygen atoms in total. The maximum Gasteiger partial charge on any atom is 0.0945 e. The van der Waals surface area contributed by atoms with Crippen molar-refractivity contribution in [3.63, 3.8) is 0 Å². The van der Waals surface area contributed by atoms with Crippen LogP contribution in [0.1, 0.15) is 11.9 Å². The van der Waals surface area contributed by atoms with Gasteiger partial charge in [-0.15, -0.1) is 23.7 Å². The Morgan fingerprint density at radius 1 is 1.33 bits per heavy atom. The molecule has 0 fully saturated rings. The zero-order chi connectivity index (χ0) is 14.2. The molecule has 0 aliphatic heterocycles. The minimum Gasteiger partial charge on any atom is -0.330 e. The predicted octanol–water partition coefficient (Wildman–Crippen LogP) is 2.73. The second-order valence-corrected chi connectivity index (χ2v) is 3.61. The van der Waals surface area contributed by atoms with E-state index in [1.807, 2.05) is 0 Å². The summed E-state index contributed by atoms with van der Waals surface area (Å²) < 4.78 is 38.5. The minimum atomic E-state index is -0.392. The van der Waals surface area contributed by atoms with Crippen molar-refractivity contribution in [1.29, 1.82) is 0 Å². The van der Waals surface area contributed by atoms with Gasteiger partial charge in [0, 0.05) is 17.4 Å².